The molecule has 1 aromatic heterocycles. The monoisotopic (exact) mass is 419 g/mol. The van der Waals surface area contributed by atoms with E-state index < -0.39 is 5.97 Å². The van der Waals surface area contributed by atoms with E-state index in [-0.39, 0.29) is 6.04 Å². The fourth-order valence-corrected chi connectivity index (χ4v) is 5.40. The zero-order valence-electron chi connectivity index (χ0n) is 18.1. The van der Waals surface area contributed by atoms with Gasteiger partial charge in [-0.05, 0) is 61.7 Å². The number of ether oxygens (including phenoxy) is 1. The van der Waals surface area contributed by atoms with Crippen molar-refractivity contribution in [3.63, 3.8) is 0 Å². The molecule has 1 unspecified atom stereocenters. The average molecular weight is 420 g/mol. The predicted molar refractivity (Wildman–Crippen MR) is 121 cm³/mol. The minimum absolute atomic E-state index is 0.220. The fraction of sp³-hybridized carbons (Fsp3) is 0.400. The summed E-state index contributed by atoms with van der Waals surface area (Å²) >= 11 is 0. The van der Waals surface area contributed by atoms with Crippen LogP contribution in [0, 0.1) is 6.92 Å². The van der Waals surface area contributed by atoms with Crippen molar-refractivity contribution < 1.29 is 14.6 Å². The molecule has 3 heterocycles. The standard InChI is InChI=1S/C25H29N3O3/c1-16-12-23(31-2)21(20-9-10-26-24(16)20)14-28-13-19-4-3-11-27(19)15-22(28)17-5-7-18(8-6-17)25(29)30/h5-10,12,19,22,26H,3-4,11,13-15H2,1-2H3,(H,29,30)/t19-,22?/m0/s1. The maximum absolute atomic E-state index is 11.3. The van der Waals surface area contributed by atoms with Crippen LogP contribution < -0.4 is 4.74 Å². The third-order valence-corrected chi connectivity index (χ3v) is 7.03. The molecular formula is C25H29N3O3. The van der Waals surface area contributed by atoms with Gasteiger partial charge in [0.15, 0.2) is 0 Å². The van der Waals surface area contributed by atoms with E-state index in [1.165, 1.54) is 34.9 Å². The van der Waals surface area contributed by atoms with Crippen molar-refractivity contribution in [1.29, 1.82) is 0 Å². The smallest absolute Gasteiger partial charge is 0.335 e. The van der Waals surface area contributed by atoms with E-state index in [4.69, 9.17) is 4.74 Å². The van der Waals surface area contributed by atoms with Crippen molar-refractivity contribution in [1.82, 2.24) is 14.8 Å². The molecule has 5 rings (SSSR count). The number of methoxy groups -OCH3 is 1. The quantitative estimate of drug-likeness (QED) is 0.649. The van der Waals surface area contributed by atoms with Crippen LogP contribution >= 0.6 is 0 Å². The molecule has 2 fully saturated rings. The van der Waals surface area contributed by atoms with Crippen molar-refractivity contribution in [2.24, 2.45) is 0 Å². The number of nitrogens with one attached hydrogen (secondary N) is 1. The summed E-state index contributed by atoms with van der Waals surface area (Å²) in [6.45, 7) is 6.04. The molecule has 2 aliphatic rings. The van der Waals surface area contributed by atoms with Gasteiger partial charge in [-0.2, -0.15) is 0 Å². The van der Waals surface area contributed by atoms with Gasteiger partial charge in [0.1, 0.15) is 5.75 Å². The Labute approximate surface area is 182 Å². The molecule has 2 atom stereocenters. The lowest BCUT2D eigenvalue weighted by Gasteiger charge is -2.44. The lowest BCUT2D eigenvalue weighted by Crippen LogP contribution is -2.51. The van der Waals surface area contributed by atoms with Crippen molar-refractivity contribution in [3.05, 3.63) is 64.8 Å². The van der Waals surface area contributed by atoms with Gasteiger partial charge in [-0.1, -0.05) is 12.1 Å². The average Bonchev–Trinajstić information content (AvgIpc) is 3.44. The number of fused-ring (bicyclic) bond motifs is 2. The van der Waals surface area contributed by atoms with E-state index in [1.54, 1.807) is 19.2 Å². The van der Waals surface area contributed by atoms with Crippen molar-refractivity contribution in [2.75, 3.05) is 26.7 Å². The molecule has 0 aliphatic carbocycles. The molecule has 31 heavy (non-hydrogen) atoms. The van der Waals surface area contributed by atoms with Crippen LogP contribution in [0.15, 0.2) is 42.6 Å². The number of aromatic nitrogens is 1. The van der Waals surface area contributed by atoms with E-state index >= 15 is 0 Å². The Morgan fingerprint density at radius 3 is 2.77 bits per heavy atom. The van der Waals surface area contributed by atoms with Crippen LogP contribution in [0.2, 0.25) is 0 Å². The first-order valence-corrected chi connectivity index (χ1v) is 11.0. The SMILES string of the molecule is COc1cc(C)c2[nH]ccc2c1CN1C[C@@H]2CCCN2CC1c1ccc(C(=O)O)cc1. The van der Waals surface area contributed by atoms with E-state index in [0.717, 1.165) is 37.4 Å². The molecule has 6 heteroatoms. The van der Waals surface area contributed by atoms with E-state index in [2.05, 4.69) is 33.8 Å². The number of H-pyrrole nitrogens is 1. The van der Waals surface area contributed by atoms with Gasteiger partial charge in [0, 0.05) is 54.4 Å². The molecule has 2 saturated heterocycles. The van der Waals surface area contributed by atoms with Crippen molar-refractivity contribution >= 4 is 16.9 Å². The second-order valence-corrected chi connectivity index (χ2v) is 8.80. The van der Waals surface area contributed by atoms with Crippen LogP contribution in [0.5, 0.6) is 5.75 Å². The molecular weight excluding hydrogens is 390 g/mol. The maximum atomic E-state index is 11.3. The van der Waals surface area contributed by atoms with Gasteiger partial charge in [-0.25, -0.2) is 4.79 Å². The highest BCUT2D eigenvalue weighted by Crippen LogP contribution is 2.37. The molecule has 2 N–H and O–H groups in total. The molecule has 2 aliphatic heterocycles. The molecule has 0 radical (unpaired) electrons. The van der Waals surface area contributed by atoms with Crippen molar-refractivity contribution in [2.45, 2.75) is 38.4 Å². The number of hydrogen-bond acceptors (Lipinski definition) is 4. The zero-order valence-corrected chi connectivity index (χ0v) is 18.1. The van der Waals surface area contributed by atoms with Gasteiger partial charge in [0.2, 0.25) is 0 Å². The molecule has 2 aromatic carbocycles. The van der Waals surface area contributed by atoms with Gasteiger partial charge in [0.05, 0.1) is 12.7 Å². The molecule has 3 aromatic rings. The molecule has 0 bridgehead atoms. The number of aryl methyl sites for hydroxylation is 1. The first-order valence-electron chi connectivity index (χ1n) is 11.0. The number of aromatic amines is 1. The molecule has 6 nitrogen and oxygen atoms in total. The lowest BCUT2D eigenvalue weighted by atomic mass is 9.96. The number of piperazine rings is 1. The van der Waals surface area contributed by atoms with E-state index in [0.29, 0.717) is 11.6 Å². The Kier molecular flexibility index (Phi) is 5.20. The Hall–Kier alpha value is -2.83. The minimum atomic E-state index is -0.883. The number of benzene rings is 2. The fourth-order valence-electron chi connectivity index (χ4n) is 5.40. The van der Waals surface area contributed by atoms with Gasteiger partial charge < -0.3 is 14.8 Å². The number of carbonyl (C=O) groups is 1. The number of aromatic carboxylic acids is 1. The van der Waals surface area contributed by atoms with Gasteiger partial charge in [0.25, 0.3) is 0 Å². The number of hydrogen-bond donors (Lipinski definition) is 2. The second kappa shape index (κ2) is 8.02. The summed E-state index contributed by atoms with van der Waals surface area (Å²) in [6.07, 6.45) is 4.49. The highest BCUT2D eigenvalue weighted by atomic mass is 16.5. The van der Waals surface area contributed by atoms with Gasteiger partial charge in [-0.15, -0.1) is 0 Å². The van der Waals surface area contributed by atoms with Crippen molar-refractivity contribution in [3.8, 4) is 5.75 Å². The van der Waals surface area contributed by atoms with E-state index in [1.807, 2.05) is 18.3 Å². The summed E-state index contributed by atoms with van der Waals surface area (Å²) in [6, 6.07) is 12.5. The van der Waals surface area contributed by atoms with Crippen LogP contribution in [-0.2, 0) is 6.54 Å². The number of carboxylic acids is 1. The Morgan fingerprint density at radius 1 is 1.23 bits per heavy atom. The zero-order chi connectivity index (χ0) is 21.5. The van der Waals surface area contributed by atoms with Crippen LogP contribution in [0.3, 0.4) is 0 Å². The topological polar surface area (TPSA) is 68.8 Å². The maximum Gasteiger partial charge on any atom is 0.335 e. The van der Waals surface area contributed by atoms with Crippen LogP contribution in [0.1, 0.15) is 45.9 Å². The first kappa shape index (κ1) is 20.1. The normalized spacial score (nSPS) is 22.0. The molecule has 162 valence electrons. The molecule has 0 amide bonds. The molecule has 0 saturated carbocycles. The first-order chi connectivity index (χ1) is 15.0. The lowest BCUT2D eigenvalue weighted by molar-refractivity contribution is 0.0446. The number of carboxylic acid groups (broad SMARTS) is 1. The third kappa shape index (κ3) is 3.60. The Morgan fingerprint density at radius 2 is 2.03 bits per heavy atom. The highest BCUT2D eigenvalue weighted by molar-refractivity contribution is 5.88. The van der Waals surface area contributed by atoms with Crippen LogP contribution in [0.4, 0.5) is 0 Å². The second-order valence-electron chi connectivity index (χ2n) is 8.80. The Balaban J connectivity index is 1.52. The number of rotatable bonds is 5. The highest BCUT2D eigenvalue weighted by Gasteiger charge is 2.37. The van der Waals surface area contributed by atoms with Crippen LogP contribution in [0.25, 0.3) is 10.9 Å². The largest absolute Gasteiger partial charge is 0.496 e. The Bertz CT molecular complexity index is 1110. The molecule has 0 spiro atoms. The third-order valence-electron chi connectivity index (χ3n) is 7.03. The summed E-state index contributed by atoms with van der Waals surface area (Å²) < 4.78 is 5.80. The minimum Gasteiger partial charge on any atom is -0.496 e. The summed E-state index contributed by atoms with van der Waals surface area (Å²) in [5, 5.41) is 10.5. The predicted octanol–water partition coefficient (Wildman–Crippen LogP) is 4.20. The van der Waals surface area contributed by atoms with Crippen LogP contribution in [-0.4, -0.2) is 58.6 Å². The summed E-state index contributed by atoms with van der Waals surface area (Å²) in [5.41, 5.74) is 5.06. The summed E-state index contributed by atoms with van der Waals surface area (Å²) in [7, 11) is 1.74. The van der Waals surface area contributed by atoms with Gasteiger partial charge in [-0.3, -0.25) is 9.80 Å². The van der Waals surface area contributed by atoms with E-state index in [9.17, 15) is 9.90 Å². The summed E-state index contributed by atoms with van der Waals surface area (Å²) in [5.74, 6) is 0.0457. The summed E-state index contributed by atoms with van der Waals surface area (Å²) in [4.78, 5) is 19.8. The van der Waals surface area contributed by atoms with Gasteiger partial charge >= 0.3 is 5.97 Å². The number of nitrogens with zero attached hydrogens (tertiary/aromatic N) is 2.